The quantitative estimate of drug-likeness (QED) is 0.672. The van der Waals surface area contributed by atoms with Gasteiger partial charge < -0.3 is 0 Å². The van der Waals surface area contributed by atoms with Gasteiger partial charge in [-0.05, 0) is 5.56 Å². The van der Waals surface area contributed by atoms with E-state index in [1.54, 1.807) is 11.3 Å². The third kappa shape index (κ3) is 3.77. The van der Waals surface area contributed by atoms with Crippen LogP contribution in [-0.4, -0.2) is 4.98 Å². The summed E-state index contributed by atoms with van der Waals surface area (Å²) in [6.07, 6.45) is 2.60. The molecule has 0 saturated carbocycles. The molecule has 2 nitrogen and oxygen atoms in total. The second kappa shape index (κ2) is 6.83. The lowest BCUT2D eigenvalue weighted by Gasteiger charge is -1.92. The molecule has 102 valence electrons. The standard InChI is InChI=1S/C18H15N2S/c1-3-7-15(8-4-1)13-19-12-11-18-20-14-17(21-18)16-9-5-2-6-10-16/h1-10,14H,11,13H2/q+1. The fourth-order valence-corrected chi connectivity index (χ4v) is 2.84. The second-order valence-corrected chi connectivity index (χ2v) is 5.74. The minimum Gasteiger partial charge on any atom is -0.248 e. The molecule has 0 amide bonds. The lowest BCUT2D eigenvalue weighted by atomic mass is 10.2. The van der Waals surface area contributed by atoms with Crippen molar-refractivity contribution < 1.29 is 0 Å². The van der Waals surface area contributed by atoms with Crippen molar-refractivity contribution in [2.45, 2.75) is 13.0 Å². The zero-order chi connectivity index (χ0) is 14.3. The van der Waals surface area contributed by atoms with Crippen molar-refractivity contribution in [2.75, 3.05) is 0 Å². The first-order valence-electron chi connectivity index (χ1n) is 6.85. The molecule has 0 fully saturated rings. The molecule has 0 saturated heterocycles. The van der Waals surface area contributed by atoms with E-state index in [-0.39, 0.29) is 0 Å². The zero-order valence-electron chi connectivity index (χ0n) is 11.6. The van der Waals surface area contributed by atoms with Gasteiger partial charge in [-0.25, -0.2) is 4.98 Å². The van der Waals surface area contributed by atoms with Gasteiger partial charge >= 0.3 is 0 Å². The van der Waals surface area contributed by atoms with Crippen molar-refractivity contribution in [3.63, 3.8) is 0 Å². The average molecular weight is 291 g/mol. The van der Waals surface area contributed by atoms with Crippen LogP contribution >= 0.6 is 11.3 Å². The van der Waals surface area contributed by atoms with E-state index in [9.17, 15) is 0 Å². The van der Waals surface area contributed by atoms with Crippen molar-refractivity contribution >= 4 is 11.3 Å². The number of nitrogens with zero attached hydrogens (tertiary/aromatic N) is 2. The first-order chi connectivity index (χ1) is 10.4. The zero-order valence-corrected chi connectivity index (χ0v) is 12.4. The van der Waals surface area contributed by atoms with Gasteiger partial charge in [0.25, 0.3) is 12.6 Å². The van der Waals surface area contributed by atoms with E-state index in [0.717, 1.165) is 5.01 Å². The molecule has 1 aromatic heterocycles. The van der Waals surface area contributed by atoms with E-state index in [4.69, 9.17) is 0 Å². The lowest BCUT2D eigenvalue weighted by molar-refractivity contribution is 1.19. The maximum Gasteiger partial charge on any atom is 0.288 e. The molecule has 3 rings (SSSR count). The predicted octanol–water partition coefficient (Wildman–Crippen LogP) is 4.89. The van der Waals surface area contributed by atoms with Crippen LogP contribution in [-0.2, 0) is 13.0 Å². The van der Waals surface area contributed by atoms with Crippen molar-refractivity contribution in [1.82, 2.24) is 4.98 Å². The summed E-state index contributed by atoms with van der Waals surface area (Å²) in [7, 11) is 0. The third-order valence-corrected chi connectivity index (χ3v) is 4.10. The van der Waals surface area contributed by atoms with Crippen LogP contribution in [0.5, 0.6) is 0 Å². The fraction of sp³-hybridized carbons (Fsp3) is 0.111. The summed E-state index contributed by atoms with van der Waals surface area (Å²) in [6, 6.07) is 23.6. The monoisotopic (exact) mass is 291 g/mol. The van der Waals surface area contributed by atoms with Gasteiger partial charge in [-0.1, -0.05) is 65.5 Å². The molecule has 0 atom stereocenters. The van der Waals surface area contributed by atoms with Gasteiger partial charge in [0.2, 0.25) is 0 Å². The Balaban J connectivity index is 1.61. The van der Waals surface area contributed by atoms with Crippen molar-refractivity contribution in [3.8, 4) is 16.5 Å². The number of rotatable bonds is 3. The van der Waals surface area contributed by atoms with E-state index in [0.29, 0.717) is 13.0 Å². The number of thiazole rings is 1. The van der Waals surface area contributed by atoms with E-state index in [1.165, 1.54) is 16.0 Å². The lowest BCUT2D eigenvalue weighted by Crippen LogP contribution is -1.78. The van der Waals surface area contributed by atoms with Gasteiger partial charge in [-0.3, -0.25) is 0 Å². The molecule has 2 aromatic carbocycles. The minimum absolute atomic E-state index is 0.671. The largest absolute Gasteiger partial charge is 0.288 e. The summed E-state index contributed by atoms with van der Waals surface area (Å²) in [4.78, 5) is 9.96. The molecule has 21 heavy (non-hydrogen) atoms. The first kappa shape index (κ1) is 13.5. The number of hydrogen-bond acceptors (Lipinski definition) is 2. The summed E-state index contributed by atoms with van der Waals surface area (Å²) in [6.45, 7) is 0.678. The van der Waals surface area contributed by atoms with Crippen LogP contribution in [0, 0.1) is 6.07 Å². The summed E-state index contributed by atoms with van der Waals surface area (Å²) < 4.78 is 0. The molecule has 0 aliphatic carbocycles. The third-order valence-electron chi connectivity index (χ3n) is 3.06. The molecule has 0 N–H and O–H groups in total. The number of aromatic nitrogens is 1. The van der Waals surface area contributed by atoms with Crippen LogP contribution in [0.3, 0.4) is 0 Å². The van der Waals surface area contributed by atoms with Crippen molar-refractivity contribution in [2.24, 2.45) is 0 Å². The van der Waals surface area contributed by atoms with E-state index in [2.05, 4.69) is 40.2 Å². The normalized spacial score (nSPS) is 9.90. The van der Waals surface area contributed by atoms with Gasteiger partial charge in [0.15, 0.2) is 0 Å². The van der Waals surface area contributed by atoms with Gasteiger partial charge in [-0.15, -0.1) is 11.3 Å². The molecule has 3 heteroatoms. The maximum absolute atomic E-state index is 4.43. The molecular weight excluding hydrogens is 276 g/mol. The van der Waals surface area contributed by atoms with Crippen LogP contribution < -0.4 is 0 Å². The fourth-order valence-electron chi connectivity index (χ4n) is 1.98. The highest BCUT2D eigenvalue weighted by molar-refractivity contribution is 7.15. The highest BCUT2D eigenvalue weighted by atomic mass is 32.1. The summed E-state index contributed by atoms with van der Waals surface area (Å²) in [5.41, 5.74) is 2.41. The van der Waals surface area contributed by atoms with Crippen LogP contribution in [0.2, 0.25) is 0 Å². The number of hydrogen-bond donors (Lipinski definition) is 0. The Morgan fingerprint density at radius 2 is 1.67 bits per heavy atom. The molecule has 3 aromatic rings. The Morgan fingerprint density at radius 1 is 0.952 bits per heavy atom. The molecule has 0 unspecified atom stereocenters. The highest BCUT2D eigenvalue weighted by Gasteiger charge is 2.05. The van der Waals surface area contributed by atoms with Gasteiger partial charge in [-0.2, -0.15) is 0 Å². The van der Waals surface area contributed by atoms with Crippen molar-refractivity contribution in [1.29, 1.82) is 0 Å². The van der Waals surface area contributed by atoms with Crippen LogP contribution in [0.4, 0.5) is 0 Å². The van der Waals surface area contributed by atoms with Crippen LogP contribution in [0.25, 0.3) is 15.3 Å². The minimum atomic E-state index is 0.671. The molecular formula is C18H15N2S+. The van der Waals surface area contributed by atoms with Crippen LogP contribution in [0.15, 0.2) is 66.9 Å². The SMILES string of the molecule is C(Cc1ncc(-c2ccccc2)s1)#[N+]Cc1ccccc1. The summed E-state index contributed by atoms with van der Waals surface area (Å²) in [5, 5.41) is 1.05. The van der Waals surface area contributed by atoms with Gasteiger partial charge in [0.1, 0.15) is 11.4 Å². The van der Waals surface area contributed by atoms with E-state index in [1.807, 2.05) is 42.6 Å². The predicted molar refractivity (Wildman–Crippen MR) is 88.6 cm³/mol. The molecule has 1 heterocycles. The van der Waals surface area contributed by atoms with Crippen molar-refractivity contribution in [3.05, 3.63) is 82.3 Å². The average Bonchev–Trinajstić information content (AvgIpc) is 3.02. The summed E-state index contributed by atoms with van der Waals surface area (Å²) in [5.74, 6) is 0. The Morgan fingerprint density at radius 3 is 2.43 bits per heavy atom. The summed E-state index contributed by atoms with van der Waals surface area (Å²) >= 11 is 1.70. The molecule has 0 bridgehead atoms. The second-order valence-electron chi connectivity index (χ2n) is 4.62. The Bertz CT molecular complexity index is 752. The molecule has 0 spiro atoms. The Hall–Kier alpha value is -2.44. The van der Waals surface area contributed by atoms with Crippen LogP contribution in [0.1, 0.15) is 10.6 Å². The van der Waals surface area contributed by atoms with Gasteiger partial charge in [0.05, 0.1) is 4.88 Å². The first-order valence-corrected chi connectivity index (χ1v) is 7.67. The Labute approximate surface area is 128 Å². The smallest absolute Gasteiger partial charge is 0.248 e. The van der Waals surface area contributed by atoms with E-state index < -0.39 is 0 Å². The molecule has 0 radical (unpaired) electrons. The maximum atomic E-state index is 4.43. The van der Waals surface area contributed by atoms with E-state index >= 15 is 0 Å². The topological polar surface area (TPSA) is 17.2 Å². The molecule has 0 aliphatic rings. The number of benzene rings is 2. The Kier molecular flexibility index (Phi) is 4.40. The van der Waals surface area contributed by atoms with Gasteiger partial charge in [0, 0.05) is 11.8 Å². The highest BCUT2D eigenvalue weighted by Crippen LogP contribution is 2.25. The molecule has 0 aliphatic heterocycles.